The number of amides is 1. The lowest BCUT2D eigenvalue weighted by atomic mass is 9.32. The second-order valence-electron chi connectivity index (χ2n) is 17.0. The highest BCUT2D eigenvalue weighted by atomic mass is 16.5. The first kappa shape index (κ1) is 31.8. The molecule has 10 atom stereocenters. The van der Waals surface area contributed by atoms with Gasteiger partial charge in [-0.2, -0.15) is 0 Å². The minimum absolute atomic E-state index is 0.000684. The van der Waals surface area contributed by atoms with Gasteiger partial charge in [0.15, 0.2) is 0 Å². The summed E-state index contributed by atoms with van der Waals surface area (Å²) in [7, 11) is 0. The average Bonchev–Trinajstić information content (AvgIpc) is 3.31. The van der Waals surface area contributed by atoms with Gasteiger partial charge in [-0.15, -0.1) is 0 Å². The quantitative estimate of drug-likeness (QED) is 0.300. The zero-order valence-corrected chi connectivity index (χ0v) is 27.8. The van der Waals surface area contributed by atoms with Crippen LogP contribution in [0.4, 0.5) is 0 Å². The maximum atomic E-state index is 13.9. The Hall–Kier alpha value is -1.59. The zero-order chi connectivity index (χ0) is 30.9. The topological polar surface area (TPSA) is 92.7 Å². The molecule has 238 valence electrons. The highest BCUT2D eigenvalue weighted by molar-refractivity contribution is 5.86. The van der Waals surface area contributed by atoms with Crippen LogP contribution in [0.25, 0.3) is 0 Å². The van der Waals surface area contributed by atoms with E-state index in [1.807, 2.05) is 6.92 Å². The number of ether oxygens (including phenoxy) is 1. The van der Waals surface area contributed by atoms with Crippen LogP contribution in [0.2, 0.25) is 0 Å². The number of aliphatic carboxylic acids is 1. The van der Waals surface area contributed by atoms with E-state index in [4.69, 9.17) is 4.74 Å². The van der Waals surface area contributed by atoms with E-state index >= 15 is 0 Å². The van der Waals surface area contributed by atoms with Crippen molar-refractivity contribution in [3.8, 4) is 0 Å². The van der Waals surface area contributed by atoms with Gasteiger partial charge in [0.2, 0.25) is 5.91 Å². The molecule has 1 amide bonds. The lowest BCUT2D eigenvalue weighted by Gasteiger charge is -2.73. The molecule has 5 aliphatic rings. The fourth-order valence-electron chi connectivity index (χ4n) is 12.7. The van der Waals surface area contributed by atoms with Gasteiger partial charge in [-0.3, -0.25) is 14.4 Å². The van der Waals surface area contributed by atoms with Crippen molar-refractivity contribution >= 4 is 17.8 Å². The predicted octanol–water partition coefficient (Wildman–Crippen LogP) is 7.64. The third kappa shape index (κ3) is 4.49. The van der Waals surface area contributed by atoms with Gasteiger partial charge >= 0.3 is 11.9 Å². The molecule has 42 heavy (non-hydrogen) atoms. The Bertz CT molecular complexity index is 1080. The van der Waals surface area contributed by atoms with Crippen molar-refractivity contribution in [3.05, 3.63) is 0 Å². The predicted molar refractivity (Wildman–Crippen MR) is 164 cm³/mol. The maximum absolute atomic E-state index is 13.9. The molecule has 0 heterocycles. The summed E-state index contributed by atoms with van der Waals surface area (Å²) < 4.78 is 6.14. The molecule has 0 aromatic heterocycles. The van der Waals surface area contributed by atoms with Gasteiger partial charge < -0.3 is 15.2 Å². The Morgan fingerprint density at radius 2 is 1.57 bits per heavy atom. The Labute approximate surface area is 254 Å². The SMILES string of the molecule is CCCC(=O)OC1CCC2(C)C(CCC3(C)C2CCC2C4C(C(C)C)CCC4(C(=O)NCC(=O)O)CCC23C)C1(C)C. The monoisotopic (exact) mass is 585 g/mol. The van der Waals surface area contributed by atoms with Crippen molar-refractivity contribution in [1.29, 1.82) is 0 Å². The van der Waals surface area contributed by atoms with Crippen molar-refractivity contribution < 1.29 is 24.2 Å². The second kappa shape index (κ2) is 10.8. The molecule has 5 rings (SSSR count). The molecule has 0 aromatic carbocycles. The van der Waals surface area contributed by atoms with Crippen LogP contribution in [0.5, 0.6) is 0 Å². The van der Waals surface area contributed by atoms with Gasteiger partial charge in [0.05, 0.1) is 5.41 Å². The van der Waals surface area contributed by atoms with E-state index in [2.05, 4.69) is 53.8 Å². The number of carboxylic acid groups (broad SMARTS) is 1. The summed E-state index contributed by atoms with van der Waals surface area (Å²) in [4.78, 5) is 37.8. The first-order valence-corrected chi connectivity index (χ1v) is 17.3. The highest BCUT2D eigenvalue weighted by Crippen LogP contribution is 2.77. The highest BCUT2D eigenvalue weighted by Gasteiger charge is 2.72. The minimum Gasteiger partial charge on any atom is -0.480 e. The molecule has 0 aromatic rings. The second-order valence-corrected chi connectivity index (χ2v) is 17.0. The third-order valence-electron chi connectivity index (χ3n) is 14.9. The summed E-state index contributed by atoms with van der Waals surface area (Å²) >= 11 is 0. The molecule has 5 aliphatic carbocycles. The fraction of sp³-hybridized carbons (Fsp3) is 0.917. The Morgan fingerprint density at radius 1 is 0.857 bits per heavy atom. The number of esters is 1. The molecular weight excluding hydrogens is 526 g/mol. The number of carbonyl (C=O) groups is 3. The molecule has 5 fully saturated rings. The number of hydrogen-bond acceptors (Lipinski definition) is 4. The largest absolute Gasteiger partial charge is 0.480 e. The summed E-state index contributed by atoms with van der Waals surface area (Å²) in [5, 5.41) is 12.2. The minimum atomic E-state index is -0.967. The first-order chi connectivity index (χ1) is 19.6. The summed E-state index contributed by atoms with van der Waals surface area (Å²) in [6.07, 6.45) is 12.0. The lowest BCUT2D eigenvalue weighted by Crippen LogP contribution is -2.67. The van der Waals surface area contributed by atoms with Gasteiger partial charge in [0, 0.05) is 11.8 Å². The number of carboxylic acids is 1. The summed E-state index contributed by atoms with van der Waals surface area (Å²) in [6.45, 7) is 18.9. The van der Waals surface area contributed by atoms with E-state index in [-0.39, 0.29) is 46.2 Å². The van der Waals surface area contributed by atoms with E-state index in [1.165, 1.54) is 19.3 Å². The number of hydrogen-bond donors (Lipinski definition) is 2. The molecule has 0 bridgehead atoms. The van der Waals surface area contributed by atoms with Gasteiger partial charge in [-0.1, -0.05) is 55.4 Å². The third-order valence-corrected chi connectivity index (χ3v) is 14.9. The van der Waals surface area contributed by atoms with Crippen LogP contribution >= 0.6 is 0 Å². The molecule has 0 spiro atoms. The standard InChI is InChI=1S/C36H59NO5/c1-9-10-29(40)42-27-15-16-33(6)25(32(27,4)5)14-17-35(8)26(33)12-11-24-30-23(22(2)3)13-18-36(30,20-19-34(24,35)7)31(41)37-21-28(38)39/h22-27,30H,9-21H2,1-8H3,(H,37,41)(H,38,39). The smallest absolute Gasteiger partial charge is 0.322 e. The Balaban J connectivity index is 1.46. The van der Waals surface area contributed by atoms with E-state index in [1.54, 1.807) is 0 Å². The van der Waals surface area contributed by atoms with Crippen LogP contribution in [-0.4, -0.2) is 35.6 Å². The normalized spacial score (nSPS) is 45.6. The van der Waals surface area contributed by atoms with Crippen LogP contribution in [0.15, 0.2) is 0 Å². The molecule has 2 N–H and O–H groups in total. The lowest BCUT2D eigenvalue weighted by molar-refractivity contribution is -0.250. The molecule has 6 heteroatoms. The molecule has 10 unspecified atom stereocenters. The average molecular weight is 586 g/mol. The van der Waals surface area contributed by atoms with Gasteiger partial charge in [0.25, 0.3) is 0 Å². The Morgan fingerprint density at radius 3 is 2.21 bits per heavy atom. The van der Waals surface area contributed by atoms with Crippen LogP contribution in [0.3, 0.4) is 0 Å². The molecule has 0 radical (unpaired) electrons. The van der Waals surface area contributed by atoms with E-state index in [9.17, 15) is 19.5 Å². The number of carbonyl (C=O) groups excluding carboxylic acids is 2. The fourth-order valence-corrected chi connectivity index (χ4v) is 12.7. The Kier molecular flexibility index (Phi) is 8.17. The summed E-state index contributed by atoms with van der Waals surface area (Å²) in [5.41, 5.74) is 0.0710. The number of fused-ring (bicyclic) bond motifs is 7. The summed E-state index contributed by atoms with van der Waals surface area (Å²) in [5.74, 6) is 1.95. The van der Waals surface area contributed by atoms with Crippen LogP contribution < -0.4 is 5.32 Å². The van der Waals surface area contributed by atoms with Crippen molar-refractivity contribution in [3.63, 3.8) is 0 Å². The first-order valence-electron chi connectivity index (χ1n) is 17.3. The maximum Gasteiger partial charge on any atom is 0.322 e. The van der Waals surface area contributed by atoms with Crippen LogP contribution in [0, 0.1) is 62.6 Å². The van der Waals surface area contributed by atoms with Crippen molar-refractivity contribution in [2.24, 2.45) is 62.6 Å². The molecular formula is C36H59NO5. The zero-order valence-electron chi connectivity index (χ0n) is 27.8. The molecule has 0 aliphatic heterocycles. The number of nitrogens with one attached hydrogen (secondary N) is 1. The van der Waals surface area contributed by atoms with Gasteiger partial charge in [-0.25, -0.2) is 0 Å². The van der Waals surface area contributed by atoms with Crippen LogP contribution in [0.1, 0.15) is 132 Å². The van der Waals surface area contributed by atoms with Gasteiger partial charge in [-0.05, 0) is 122 Å². The number of rotatable bonds is 7. The van der Waals surface area contributed by atoms with Crippen molar-refractivity contribution in [2.45, 2.75) is 139 Å². The summed E-state index contributed by atoms with van der Waals surface area (Å²) in [6, 6.07) is 0. The van der Waals surface area contributed by atoms with E-state index in [0.717, 1.165) is 51.4 Å². The molecule has 6 nitrogen and oxygen atoms in total. The van der Waals surface area contributed by atoms with Crippen molar-refractivity contribution in [1.82, 2.24) is 5.32 Å². The molecule has 0 saturated heterocycles. The van der Waals surface area contributed by atoms with Gasteiger partial charge in [0.1, 0.15) is 12.6 Å². The van der Waals surface area contributed by atoms with E-state index in [0.29, 0.717) is 41.9 Å². The van der Waals surface area contributed by atoms with Crippen molar-refractivity contribution in [2.75, 3.05) is 6.54 Å². The van der Waals surface area contributed by atoms with E-state index < -0.39 is 11.4 Å². The van der Waals surface area contributed by atoms with Crippen LogP contribution in [-0.2, 0) is 19.1 Å². The molecule has 5 saturated carbocycles.